The van der Waals surface area contributed by atoms with E-state index in [1.165, 1.54) is 41.5 Å². The number of unbranched alkanes of at least 4 members (excludes halogenated alkanes) is 1. The van der Waals surface area contributed by atoms with E-state index in [-0.39, 0.29) is 12.6 Å². The maximum atomic E-state index is 12.8. The molecular formula is C32H44FN3O. The summed E-state index contributed by atoms with van der Waals surface area (Å²) in [6.07, 6.45) is 12.3. The molecule has 0 radical (unpaired) electrons. The molecule has 3 aromatic rings. The van der Waals surface area contributed by atoms with E-state index in [0.29, 0.717) is 11.7 Å². The van der Waals surface area contributed by atoms with Crippen molar-refractivity contribution in [3.8, 4) is 5.75 Å². The Morgan fingerprint density at radius 3 is 2.65 bits per heavy atom. The zero-order valence-corrected chi connectivity index (χ0v) is 23.1. The van der Waals surface area contributed by atoms with E-state index in [1.54, 1.807) is 5.57 Å². The van der Waals surface area contributed by atoms with Crippen molar-refractivity contribution in [2.45, 2.75) is 79.2 Å². The first-order valence-electron chi connectivity index (χ1n) is 14.4. The summed E-state index contributed by atoms with van der Waals surface area (Å²) in [5.41, 5.74) is 8.63. The average Bonchev–Trinajstić information content (AvgIpc) is 3.20. The second-order valence-electron chi connectivity index (χ2n) is 10.5. The van der Waals surface area contributed by atoms with Crippen LogP contribution in [0.5, 0.6) is 5.75 Å². The monoisotopic (exact) mass is 505 g/mol. The topological polar surface area (TPSA) is 40.8 Å². The van der Waals surface area contributed by atoms with Crippen molar-refractivity contribution < 1.29 is 9.50 Å². The molecule has 5 heteroatoms. The number of benzene rings is 1. The normalized spacial score (nSPS) is 17.1. The lowest BCUT2D eigenvalue weighted by atomic mass is 9.82. The van der Waals surface area contributed by atoms with Gasteiger partial charge in [-0.25, -0.2) is 4.98 Å². The number of imidazole rings is 1. The van der Waals surface area contributed by atoms with Crippen LogP contribution in [0.15, 0.2) is 48.3 Å². The molecular weight excluding hydrogens is 461 g/mol. The fourth-order valence-corrected chi connectivity index (χ4v) is 6.02. The quantitative estimate of drug-likeness (QED) is 0.322. The molecule has 3 heterocycles. The van der Waals surface area contributed by atoms with Gasteiger partial charge >= 0.3 is 0 Å². The molecule has 1 saturated heterocycles. The number of hydrogen-bond acceptors (Lipinski definition) is 3. The van der Waals surface area contributed by atoms with Gasteiger partial charge < -0.3 is 9.51 Å². The van der Waals surface area contributed by atoms with Gasteiger partial charge in [-0.05, 0) is 84.6 Å². The van der Waals surface area contributed by atoms with Crippen molar-refractivity contribution in [2.75, 3.05) is 19.8 Å². The summed E-state index contributed by atoms with van der Waals surface area (Å²) in [5.74, 6) is 1.11. The second kappa shape index (κ2) is 12.7. The Labute approximate surface area is 222 Å². The molecule has 0 spiro atoms. The molecule has 1 unspecified atom stereocenters. The first-order valence-corrected chi connectivity index (χ1v) is 14.4. The van der Waals surface area contributed by atoms with Crippen LogP contribution in [0.25, 0.3) is 11.2 Å². The Kier molecular flexibility index (Phi) is 9.42. The van der Waals surface area contributed by atoms with Crippen molar-refractivity contribution in [1.29, 1.82) is 0 Å². The molecule has 0 amide bonds. The van der Waals surface area contributed by atoms with Gasteiger partial charge in [-0.1, -0.05) is 52.2 Å². The number of nitrogens with zero attached hydrogens (tertiary/aromatic N) is 3. The zero-order valence-electron chi connectivity index (χ0n) is 23.1. The fourth-order valence-electron chi connectivity index (χ4n) is 6.02. The molecule has 1 aromatic carbocycles. The third-order valence-electron chi connectivity index (χ3n) is 7.90. The van der Waals surface area contributed by atoms with Gasteiger partial charge in [0, 0.05) is 37.9 Å². The number of rotatable bonds is 9. The molecule has 5 rings (SSSR count). The van der Waals surface area contributed by atoms with Gasteiger partial charge in [0.15, 0.2) is 0 Å². The lowest BCUT2D eigenvalue weighted by Gasteiger charge is -2.37. The van der Waals surface area contributed by atoms with E-state index < -0.39 is 0 Å². The zero-order chi connectivity index (χ0) is 26.4. The number of aromatic nitrogens is 2. The highest BCUT2D eigenvalue weighted by Crippen LogP contribution is 2.41. The maximum absolute atomic E-state index is 12.8. The van der Waals surface area contributed by atoms with E-state index in [1.807, 2.05) is 26.0 Å². The van der Waals surface area contributed by atoms with Crippen molar-refractivity contribution in [2.24, 2.45) is 11.8 Å². The fraction of sp³-hybridized carbons (Fsp3) is 0.531. The molecule has 1 N–H and O–H groups in total. The van der Waals surface area contributed by atoms with E-state index in [0.717, 1.165) is 56.7 Å². The molecule has 37 heavy (non-hydrogen) atoms. The summed E-state index contributed by atoms with van der Waals surface area (Å²) in [5, 5.41) is 10.2. The van der Waals surface area contributed by atoms with Gasteiger partial charge in [0.1, 0.15) is 11.4 Å². The molecule has 1 atom stereocenters. The Morgan fingerprint density at radius 2 is 1.92 bits per heavy atom. The van der Waals surface area contributed by atoms with Crippen molar-refractivity contribution in [3.63, 3.8) is 0 Å². The minimum atomic E-state index is -0.223. The summed E-state index contributed by atoms with van der Waals surface area (Å²) < 4.78 is 14.9. The minimum absolute atomic E-state index is 0.193. The van der Waals surface area contributed by atoms with Crippen molar-refractivity contribution in [1.82, 2.24) is 14.3 Å². The first-order chi connectivity index (χ1) is 18.1. The van der Waals surface area contributed by atoms with Crippen LogP contribution in [0.1, 0.15) is 88.6 Å². The lowest BCUT2D eigenvalue weighted by Crippen LogP contribution is -2.46. The average molecular weight is 506 g/mol. The molecule has 1 fully saturated rings. The third-order valence-corrected chi connectivity index (χ3v) is 7.90. The lowest BCUT2D eigenvalue weighted by molar-refractivity contribution is 0.0727. The van der Waals surface area contributed by atoms with Gasteiger partial charge in [-0.2, -0.15) is 0 Å². The van der Waals surface area contributed by atoms with E-state index >= 15 is 0 Å². The Morgan fingerprint density at radius 1 is 1.11 bits per heavy atom. The largest absolute Gasteiger partial charge is 0.508 e. The van der Waals surface area contributed by atoms with Crippen molar-refractivity contribution >= 4 is 11.2 Å². The van der Waals surface area contributed by atoms with Crippen molar-refractivity contribution in [3.05, 3.63) is 70.7 Å². The summed E-state index contributed by atoms with van der Waals surface area (Å²) in [6.45, 7) is 10.8. The number of phenols is 1. The van der Waals surface area contributed by atoms with Gasteiger partial charge in [0.05, 0.1) is 12.4 Å². The van der Waals surface area contributed by atoms with Gasteiger partial charge in [-0.3, -0.25) is 9.29 Å². The second-order valence-corrected chi connectivity index (χ2v) is 10.5. The number of hydrogen-bond donors (Lipinski definition) is 1. The summed E-state index contributed by atoms with van der Waals surface area (Å²) in [6, 6.07) is 10.4. The standard InChI is InChI=1S/C30H38FN3O.C2H6/c1-3-5-7-22(4-2)27-9-6-8-23-14-26(35)10-11-28(23)30(27)24-12-13-34-20-25(32-29(34)15-24)19-33-17-21(16-31)18-33;1-2/h10-15,20-22,35H,3-9,16-19H2,1-2H3;1-2H3. The number of aromatic hydroxyl groups is 1. The minimum Gasteiger partial charge on any atom is -0.508 e. The molecule has 2 aromatic heterocycles. The SMILES string of the molecule is CC.CCCCC(CC)C1=C(c2ccn3cc(CN4CC(CF)C4)nc3c2)c2ccc(O)cc2CCC1. The number of aryl methyl sites for hydroxylation is 1. The third kappa shape index (κ3) is 6.09. The molecule has 1 aliphatic heterocycles. The van der Waals surface area contributed by atoms with Crippen LogP contribution in [0.3, 0.4) is 0 Å². The highest BCUT2D eigenvalue weighted by molar-refractivity contribution is 5.85. The molecule has 2 aliphatic rings. The number of halogens is 1. The van der Waals surface area contributed by atoms with Crippen LogP contribution in [-0.2, 0) is 13.0 Å². The Bertz CT molecular complexity index is 1210. The summed E-state index contributed by atoms with van der Waals surface area (Å²) in [7, 11) is 0. The Hall–Kier alpha value is -2.66. The molecule has 0 saturated carbocycles. The molecule has 200 valence electrons. The first kappa shape index (κ1) is 27.4. The number of alkyl halides is 1. The molecule has 0 bridgehead atoms. The number of pyridine rings is 1. The van der Waals surface area contributed by atoms with Gasteiger partial charge in [0.2, 0.25) is 0 Å². The number of fused-ring (bicyclic) bond motifs is 2. The van der Waals surface area contributed by atoms with Crippen LogP contribution in [0.2, 0.25) is 0 Å². The summed E-state index contributed by atoms with van der Waals surface area (Å²) >= 11 is 0. The smallest absolute Gasteiger partial charge is 0.137 e. The highest BCUT2D eigenvalue weighted by Gasteiger charge is 2.27. The van der Waals surface area contributed by atoms with Crippen LogP contribution in [0, 0.1) is 11.8 Å². The van der Waals surface area contributed by atoms with Gasteiger partial charge in [0.25, 0.3) is 0 Å². The maximum Gasteiger partial charge on any atom is 0.137 e. The molecule has 1 aliphatic carbocycles. The van der Waals surface area contributed by atoms with E-state index in [2.05, 4.69) is 53.7 Å². The predicted octanol–water partition coefficient (Wildman–Crippen LogP) is 7.82. The van der Waals surface area contributed by atoms with Crippen LogP contribution >= 0.6 is 0 Å². The van der Waals surface area contributed by atoms with E-state index in [9.17, 15) is 9.50 Å². The number of likely N-dealkylation sites (tertiary alicyclic amines) is 1. The Balaban J connectivity index is 0.00000156. The van der Waals surface area contributed by atoms with Gasteiger partial charge in [-0.15, -0.1) is 0 Å². The summed E-state index contributed by atoms with van der Waals surface area (Å²) in [4.78, 5) is 7.20. The number of phenolic OH excluding ortho intramolecular Hbond substituents is 1. The van der Waals surface area contributed by atoms with Crippen LogP contribution in [-0.4, -0.2) is 39.2 Å². The predicted molar refractivity (Wildman–Crippen MR) is 152 cm³/mol. The van der Waals surface area contributed by atoms with E-state index in [4.69, 9.17) is 4.98 Å². The number of allylic oxidation sites excluding steroid dienone is 1. The highest BCUT2D eigenvalue weighted by atomic mass is 19.1. The molecule has 4 nitrogen and oxygen atoms in total. The van der Waals surface area contributed by atoms with Crippen LogP contribution in [0.4, 0.5) is 4.39 Å². The van der Waals surface area contributed by atoms with Crippen LogP contribution < -0.4 is 0 Å².